The molecule has 20 heavy (non-hydrogen) atoms. The van der Waals surface area contributed by atoms with Crippen molar-refractivity contribution in [2.24, 2.45) is 5.92 Å². The zero-order chi connectivity index (χ0) is 14.4. The van der Waals surface area contributed by atoms with E-state index in [9.17, 15) is 9.18 Å². The quantitative estimate of drug-likeness (QED) is 0.869. The van der Waals surface area contributed by atoms with Crippen molar-refractivity contribution in [2.45, 2.75) is 38.6 Å². The molecule has 1 heterocycles. The normalized spacial score (nSPS) is 17.7. The van der Waals surface area contributed by atoms with E-state index >= 15 is 0 Å². The Kier molecular flexibility index (Phi) is 5.53. The number of rotatable bonds is 5. The lowest BCUT2D eigenvalue weighted by Gasteiger charge is -2.22. The Morgan fingerprint density at radius 3 is 2.65 bits per heavy atom. The third-order valence-corrected chi connectivity index (χ3v) is 3.99. The van der Waals surface area contributed by atoms with Crippen molar-refractivity contribution in [3.05, 3.63) is 35.6 Å². The van der Waals surface area contributed by atoms with E-state index in [4.69, 9.17) is 0 Å². The van der Waals surface area contributed by atoms with Crippen LogP contribution in [0.5, 0.6) is 0 Å². The second-order valence-corrected chi connectivity index (χ2v) is 5.57. The first-order valence-corrected chi connectivity index (χ1v) is 7.40. The van der Waals surface area contributed by atoms with E-state index in [1.807, 2.05) is 6.92 Å². The standard InChI is InChI=1S/C16H23FN2O/c1-12(14-3-5-15(17)6-4-14)19-16(20)7-2-13-8-10-18-11-9-13/h3-6,12-13,18H,2,7-11H2,1H3,(H,19,20)/t12-/m0/s1. The van der Waals surface area contributed by atoms with Crippen molar-refractivity contribution < 1.29 is 9.18 Å². The molecule has 1 aromatic rings. The summed E-state index contributed by atoms with van der Waals surface area (Å²) in [5, 5.41) is 6.31. The second kappa shape index (κ2) is 7.39. The van der Waals surface area contributed by atoms with Gasteiger partial charge in [0.05, 0.1) is 6.04 Å². The van der Waals surface area contributed by atoms with Crippen LogP contribution >= 0.6 is 0 Å². The Balaban J connectivity index is 1.74. The van der Waals surface area contributed by atoms with Crippen molar-refractivity contribution in [3.8, 4) is 0 Å². The summed E-state index contributed by atoms with van der Waals surface area (Å²) >= 11 is 0. The number of amides is 1. The van der Waals surface area contributed by atoms with E-state index in [1.165, 1.54) is 25.0 Å². The van der Waals surface area contributed by atoms with Gasteiger partial charge in [0, 0.05) is 6.42 Å². The van der Waals surface area contributed by atoms with E-state index in [0.29, 0.717) is 12.3 Å². The summed E-state index contributed by atoms with van der Waals surface area (Å²) in [5.74, 6) is 0.502. The van der Waals surface area contributed by atoms with Gasteiger partial charge < -0.3 is 10.6 Å². The number of hydrogen-bond donors (Lipinski definition) is 2. The molecule has 3 nitrogen and oxygen atoms in total. The highest BCUT2D eigenvalue weighted by Gasteiger charge is 2.15. The average Bonchev–Trinajstić information content (AvgIpc) is 2.47. The van der Waals surface area contributed by atoms with Gasteiger partial charge in [0.25, 0.3) is 0 Å². The molecule has 0 spiro atoms. The van der Waals surface area contributed by atoms with Crippen LogP contribution in [-0.2, 0) is 4.79 Å². The predicted molar refractivity (Wildman–Crippen MR) is 77.8 cm³/mol. The fraction of sp³-hybridized carbons (Fsp3) is 0.562. The third-order valence-electron chi connectivity index (χ3n) is 3.99. The summed E-state index contributed by atoms with van der Waals surface area (Å²) in [7, 11) is 0. The molecule has 2 rings (SSSR count). The van der Waals surface area contributed by atoms with Crippen LogP contribution in [0.3, 0.4) is 0 Å². The average molecular weight is 278 g/mol. The van der Waals surface area contributed by atoms with Crippen LogP contribution in [0.25, 0.3) is 0 Å². The second-order valence-electron chi connectivity index (χ2n) is 5.57. The summed E-state index contributed by atoms with van der Waals surface area (Å²) in [6.07, 6.45) is 3.88. The van der Waals surface area contributed by atoms with Crippen molar-refractivity contribution >= 4 is 5.91 Å². The molecule has 1 saturated heterocycles. The van der Waals surface area contributed by atoms with Gasteiger partial charge in [-0.05, 0) is 62.9 Å². The van der Waals surface area contributed by atoms with Crippen molar-refractivity contribution in [2.75, 3.05) is 13.1 Å². The zero-order valence-electron chi connectivity index (χ0n) is 12.0. The maximum Gasteiger partial charge on any atom is 0.220 e. The Morgan fingerprint density at radius 1 is 1.35 bits per heavy atom. The van der Waals surface area contributed by atoms with Gasteiger partial charge in [0.15, 0.2) is 0 Å². The van der Waals surface area contributed by atoms with Gasteiger partial charge >= 0.3 is 0 Å². The summed E-state index contributed by atoms with van der Waals surface area (Å²) in [4.78, 5) is 11.9. The molecule has 1 aliphatic heterocycles. The molecule has 0 bridgehead atoms. The predicted octanol–water partition coefficient (Wildman–Crippen LogP) is 2.78. The van der Waals surface area contributed by atoms with Crippen molar-refractivity contribution in [1.82, 2.24) is 10.6 Å². The summed E-state index contributed by atoms with van der Waals surface area (Å²) in [6, 6.07) is 6.20. The van der Waals surface area contributed by atoms with Gasteiger partial charge in [0.2, 0.25) is 5.91 Å². The van der Waals surface area contributed by atoms with Crippen LogP contribution in [0, 0.1) is 11.7 Å². The van der Waals surface area contributed by atoms with Gasteiger partial charge in [-0.15, -0.1) is 0 Å². The number of piperidine rings is 1. The van der Waals surface area contributed by atoms with E-state index in [1.54, 1.807) is 12.1 Å². The minimum Gasteiger partial charge on any atom is -0.350 e. The smallest absolute Gasteiger partial charge is 0.220 e. The maximum absolute atomic E-state index is 12.8. The van der Waals surface area contributed by atoms with Crippen molar-refractivity contribution in [3.63, 3.8) is 0 Å². The Bertz CT molecular complexity index is 427. The van der Waals surface area contributed by atoms with E-state index in [-0.39, 0.29) is 17.8 Å². The molecule has 1 amide bonds. The monoisotopic (exact) mass is 278 g/mol. The molecule has 2 N–H and O–H groups in total. The lowest BCUT2D eigenvalue weighted by Crippen LogP contribution is -2.30. The van der Waals surface area contributed by atoms with Crippen molar-refractivity contribution in [1.29, 1.82) is 0 Å². The number of halogens is 1. The van der Waals surface area contributed by atoms with E-state index < -0.39 is 0 Å². The first kappa shape index (κ1) is 15.0. The Hall–Kier alpha value is -1.42. The molecule has 0 radical (unpaired) electrons. The lowest BCUT2D eigenvalue weighted by molar-refractivity contribution is -0.122. The van der Waals surface area contributed by atoms with E-state index in [2.05, 4.69) is 10.6 Å². The van der Waals surface area contributed by atoms with Crippen LogP contribution in [-0.4, -0.2) is 19.0 Å². The fourth-order valence-electron chi connectivity index (χ4n) is 2.65. The first-order chi connectivity index (χ1) is 9.65. The highest BCUT2D eigenvalue weighted by Crippen LogP contribution is 2.18. The third kappa shape index (κ3) is 4.60. The van der Waals surface area contributed by atoms with E-state index in [0.717, 1.165) is 25.1 Å². The molecule has 0 unspecified atom stereocenters. The molecule has 1 fully saturated rings. The summed E-state index contributed by atoms with van der Waals surface area (Å²) in [6.45, 7) is 4.06. The Morgan fingerprint density at radius 2 is 2.00 bits per heavy atom. The van der Waals surface area contributed by atoms with Crippen LogP contribution in [0.4, 0.5) is 4.39 Å². The van der Waals surface area contributed by atoms with Gasteiger partial charge in [-0.1, -0.05) is 12.1 Å². The molecular weight excluding hydrogens is 255 g/mol. The summed E-state index contributed by atoms with van der Waals surface area (Å²) < 4.78 is 12.8. The van der Waals surface area contributed by atoms with Crippen LogP contribution < -0.4 is 10.6 Å². The topological polar surface area (TPSA) is 41.1 Å². The van der Waals surface area contributed by atoms with Crippen LogP contribution in [0.15, 0.2) is 24.3 Å². The number of benzene rings is 1. The molecule has 0 aliphatic carbocycles. The maximum atomic E-state index is 12.8. The molecule has 4 heteroatoms. The molecule has 110 valence electrons. The first-order valence-electron chi connectivity index (χ1n) is 7.40. The molecule has 0 saturated carbocycles. The largest absolute Gasteiger partial charge is 0.350 e. The lowest BCUT2D eigenvalue weighted by atomic mass is 9.93. The summed E-state index contributed by atoms with van der Waals surface area (Å²) in [5.41, 5.74) is 0.932. The molecule has 1 aromatic carbocycles. The van der Waals surface area contributed by atoms with Crippen LogP contribution in [0.2, 0.25) is 0 Å². The molecular formula is C16H23FN2O. The zero-order valence-corrected chi connectivity index (χ0v) is 12.0. The fourth-order valence-corrected chi connectivity index (χ4v) is 2.65. The molecule has 1 aliphatic rings. The number of hydrogen-bond acceptors (Lipinski definition) is 2. The van der Waals surface area contributed by atoms with Gasteiger partial charge in [-0.25, -0.2) is 4.39 Å². The minimum atomic E-state index is -0.252. The van der Waals surface area contributed by atoms with Crippen LogP contribution in [0.1, 0.15) is 44.2 Å². The number of carbonyl (C=O) groups excluding carboxylic acids is 1. The highest BCUT2D eigenvalue weighted by atomic mass is 19.1. The van der Waals surface area contributed by atoms with Gasteiger partial charge in [0.1, 0.15) is 5.82 Å². The highest BCUT2D eigenvalue weighted by molar-refractivity contribution is 5.76. The number of nitrogens with one attached hydrogen (secondary N) is 2. The number of carbonyl (C=O) groups is 1. The minimum absolute atomic E-state index is 0.0730. The van der Waals surface area contributed by atoms with Gasteiger partial charge in [-0.3, -0.25) is 4.79 Å². The van der Waals surface area contributed by atoms with Gasteiger partial charge in [-0.2, -0.15) is 0 Å². The molecule has 1 atom stereocenters. The Labute approximate surface area is 120 Å². The SMILES string of the molecule is C[C@H](NC(=O)CCC1CCNCC1)c1ccc(F)cc1. The molecule has 0 aromatic heterocycles.